The van der Waals surface area contributed by atoms with E-state index in [0.717, 1.165) is 0 Å². The Balaban J connectivity index is 2.94. The van der Waals surface area contributed by atoms with Crippen LogP contribution in [0.4, 0.5) is 11.4 Å². The summed E-state index contributed by atoms with van der Waals surface area (Å²) in [7, 11) is 0. The summed E-state index contributed by atoms with van der Waals surface area (Å²) in [5, 5.41) is 13.3. The topological polar surface area (TPSA) is 98.3 Å². The van der Waals surface area contributed by atoms with Crippen molar-refractivity contribution in [1.82, 2.24) is 0 Å². The van der Waals surface area contributed by atoms with Crippen molar-refractivity contribution in [3.05, 3.63) is 33.9 Å². The molecule has 0 atom stereocenters. The number of hydrogen-bond acceptors (Lipinski definition) is 4. The van der Waals surface area contributed by atoms with E-state index in [0.29, 0.717) is 11.3 Å². The van der Waals surface area contributed by atoms with Crippen LogP contribution in [-0.4, -0.2) is 17.4 Å². The van der Waals surface area contributed by atoms with Crippen molar-refractivity contribution in [2.45, 2.75) is 6.92 Å². The quantitative estimate of drug-likeness (QED) is 0.566. The normalized spacial score (nSPS) is 9.67. The minimum atomic E-state index is -0.513. The number of nitrogens with two attached hydrogens (primary N) is 1. The number of benzene rings is 1. The van der Waals surface area contributed by atoms with E-state index in [4.69, 9.17) is 5.73 Å². The average molecular weight is 209 g/mol. The summed E-state index contributed by atoms with van der Waals surface area (Å²) in [5.74, 6) is -0.513. The lowest BCUT2D eigenvalue weighted by Crippen LogP contribution is -2.22. The molecule has 1 aromatic carbocycles. The SMILES string of the molecule is Cc1c(NCC(N)=O)cccc1[N+](=O)[O-]. The zero-order valence-corrected chi connectivity index (χ0v) is 8.19. The Bertz CT molecular complexity index is 404. The van der Waals surface area contributed by atoms with E-state index in [-0.39, 0.29) is 12.2 Å². The molecule has 0 saturated carbocycles. The number of anilines is 1. The third kappa shape index (κ3) is 2.67. The van der Waals surface area contributed by atoms with E-state index in [1.165, 1.54) is 6.07 Å². The predicted octanol–water partition coefficient (Wildman–Crippen LogP) is 0.800. The summed E-state index contributed by atoms with van der Waals surface area (Å²) < 4.78 is 0. The molecular formula is C9H11N3O3. The van der Waals surface area contributed by atoms with Gasteiger partial charge in [-0.2, -0.15) is 0 Å². The number of nitro groups is 1. The number of nitrogens with one attached hydrogen (secondary N) is 1. The molecule has 0 aromatic heterocycles. The van der Waals surface area contributed by atoms with Crippen LogP contribution in [0.1, 0.15) is 5.56 Å². The third-order valence-electron chi connectivity index (χ3n) is 1.95. The summed E-state index contributed by atoms with van der Waals surface area (Å²) in [5.41, 5.74) is 6.00. The first kappa shape index (κ1) is 11.0. The summed E-state index contributed by atoms with van der Waals surface area (Å²) in [4.78, 5) is 20.7. The molecule has 80 valence electrons. The standard InChI is InChI=1S/C9H11N3O3/c1-6-7(11-5-9(10)13)3-2-4-8(6)12(14)15/h2-4,11H,5H2,1H3,(H2,10,13). The number of primary amides is 1. The molecule has 0 bridgehead atoms. The fourth-order valence-electron chi connectivity index (χ4n) is 1.20. The van der Waals surface area contributed by atoms with Gasteiger partial charge in [-0.05, 0) is 13.0 Å². The monoisotopic (exact) mass is 209 g/mol. The van der Waals surface area contributed by atoms with E-state index in [9.17, 15) is 14.9 Å². The molecule has 15 heavy (non-hydrogen) atoms. The first-order chi connectivity index (χ1) is 7.02. The largest absolute Gasteiger partial charge is 0.376 e. The Hall–Kier alpha value is -2.11. The predicted molar refractivity (Wildman–Crippen MR) is 55.5 cm³/mol. The number of carbonyl (C=O) groups excluding carboxylic acids is 1. The van der Waals surface area contributed by atoms with Gasteiger partial charge in [0.1, 0.15) is 0 Å². The van der Waals surface area contributed by atoms with Crippen LogP contribution < -0.4 is 11.1 Å². The molecule has 0 aliphatic heterocycles. The van der Waals surface area contributed by atoms with Gasteiger partial charge in [0.25, 0.3) is 5.69 Å². The molecule has 0 unspecified atom stereocenters. The molecule has 0 radical (unpaired) electrons. The van der Waals surface area contributed by atoms with Crippen molar-refractivity contribution in [3.63, 3.8) is 0 Å². The highest BCUT2D eigenvalue weighted by Crippen LogP contribution is 2.24. The number of rotatable bonds is 4. The summed E-state index contributed by atoms with van der Waals surface area (Å²) in [6.07, 6.45) is 0. The Labute approximate surface area is 86.2 Å². The fraction of sp³-hybridized carbons (Fsp3) is 0.222. The molecule has 0 fully saturated rings. The van der Waals surface area contributed by atoms with E-state index in [1.54, 1.807) is 19.1 Å². The highest BCUT2D eigenvalue weighted by atomic mass is 16.6. The number of nitro benzene ring substituents is 1. The molecule has 6 heteroatoms. The first-order valence-electron chi connectivity index (χ1n) is 4.28. The summed E-state index contributed by atoms with van der Waals surface area (Å²) >= 11 is 0. The van der Waals surface area contributed by atoms with Gasteiger partial charge in [0.15, 0.2) is 0 Å². The number of carbonyl (C=O) groups is 1. The second kappa shape index (κ2) is 4.41. The first-order valence-corrected chi connectivity index (χ1v) is 4.28. The van der Waals surface area contributed by atoms with Gasteiger partial charge in [-0.3, -0.25) is 14.9 Å². The van der Waals surface area contributed by atoms with Gasteiger partial charge in [0, 0.05) is 17.3 Å². The Morgan fingerprint density at radius 3 is 2.80 bits per heavy atom. The van der Waals surface area contributed by atoms with Crippen LogP contribution in [0.3, 0.4) is 0 Å². The summed E-state index contributed by atoms with van der Waals surface area (Å²) in [6, 6.07) is 4.62. The van der Waals surface area contributed by atoms with Crippen molar-refractivity contribution in [2.75, 3.05) is 11.9 Å². The van der Waals surface area contributed by atoms with Crippen LogP contribution in [0.25, 0.3) is 0 Å². The molecule has 0 saturated heterocycles. The third-order valence-corrected chi connectivity index (χ3v) is 1.95. The van der Waals surface area contributed by atoms with Gasteiger partial charge in [0.2, 0.25) is 5.91 Å². The zero-order valence-electron chi connectivity index (χ0n) is 8.19. The Morgan fingerprint density at radius 1 is 1.60 bits per heavy atom. The van der Waals surface area contributed by atoms with E-state index in [2.05, 4.69) is 5.32 Å². The zero-order chi connectivity index (χ0) is 11.4. The van der Waals surface area contributed by atoms with Crippen LogP contribution >= 0.6 is 0 Å². The second-order valence-electron chi connectivity index (χ2n) is 3.03. The van der Waals surface area contributed by atoms with E-state index < -0.39 is 10.8 Å². The van der Waals surface area contributed by atoms with Gasteiger partial charge in [-0.15, -0.1) is 0 Å². The van der Waals surface area contributed by atoms with Crippen molar-refractivity contribution in [3.8, 4) is 0 Å². The Morgan fingerprint density at radius 2 is 2.27 bits per heavy atom. The van der Waals surface area contributed by atoms with E-state index in [1.807, 2.05) is 0 Å². The number of nitrogens with zero attached hydrogens (tertiary/aromatic N) is 1. The van der Waals surface area contributed by atoms with Crippen molar-refractivity contribution in [1.29, 1.82) is 0 Å². The van der Waals surface area contributed by atoms with Gasteiger partial charge in [-0.25, -0.2) is 0 Å². The minimum Gasteiger partial charge on any atom is -0.376 e. The van der Waals surface area contributed by atoms with Gasteiger partial charge >= 0.3 is 0 Å². The van der Waals surface area contributed by atoms with Crippen LogP contribution in [0.15, 0.2) is 18.2 Å². The second-order valence-corrected chi connectivity index (χ2v) is 3.03. The highest BCUT2D eigenvalue weighted by molar-refractivity contribution is 5.79. The molecule has 0 aliphatic rings. The molecule has 0 aliphatic carbocycles. The maximum absolute atomic E-state index is 10.6. The molecular weight excluding hydrogens is 198 g/mol. The molecule has 1 rings (SSSR count). The average Bonchev–Trinajstić information content (AvgIpc) is 2.15. The van der Waals surface area contributed by atoms with Gasteiger partial charge in [-0.1, -0.05) is 6.07 Å². The molecule has 0 heterocycles. The minimum absolute atomic E-state index is 0.0180. The maximum Gasteiger partial charge on any atom is 0.274 e. The molecule has 0 spiro atoms. The lowest BCUT2D eigenvalue weighted by atomic mass is 10.1. The van der Waals surface area contributed by atoms with Crippen molar-refractivity contribution >= 4 is 17.3 Å². The number of amides is 1. The van der Waals surface area contributed by atoms with Gasteiger partial charge < -0.3 is 11.1 Å². The number of hydrogen-bond donors (Lipinski definition) is 2. The van der Waals surface area contributed by atoms with Crippen LogP contribution in [0.2, 0.25) is 0 Å². The highest BCUT2D eigenvalue weighted by Gasteiger charge is 2.12. The van der Waals surface area contributed by atoms with Crippen molar-refractivity contribution < 1.29 is 9.72 Å². The maximum atomic E-state index is 10.6. The molecule has 3 N–H and O–H groups in total. The lowest BCUT2D eigenvalue weighted by Gasteiger charge is -2.07. The lowest BCUT2D eigenvalue weighted by molar-refractivity contribution is -0.385. The Kier molecular flexibility index (Phi) is 3.22. The van der Waals surface area contributed by atoms with Crippen LogP contribution in [0.5, 0.6) is 0 Å². The summed E-state index contributed by atoms with van der Waals surface area (Å²) in [6.45, 7) is 1.57. The molecule has 1 aromatic rings. The van der Waals surface area contributed by atoms with E-state index >= 15 is 0 Å². The molecule has 1 amide bonds. The molecule has 6 nitrogen and oxygen atoms in total. The fourth-order valence-corrected chi connectivity index (χ4v) is 1.20. The van der Waals surface area contributed by atoms with Crippen molar-refractivity contribution in [2.24, 2.45) is 5.73 Å². The van der Waals surface area contributed by atoms with Gasteiger partial charge in [0.05, 0.1) is 11.5 Å². The smallest absolute Gasteiger partial charge is 0.274 e. The van der Waals surface area contributed by atoms with Crippen LogP contribution in [-0.2, 0) is 4.79 Å². The van der Waals surface area contributed by atoms with Crippen LogP contribution in [0, 0.1) is 17.0 Å².